The minimum atomic E-state index is -3.24. The fourth-order valence-electron chi connectivity index (χ4n) is 3.38. The maximum atomic E-state index is 11.1. The first-order valence-electron chi connectivity index (χ1n) is 9.81. The summed E-state index contributed by atoms with van der Waals surface area (Å²) in [4.78, 5) is 19.1. The zero-order valence-corrected chi connectivity index (χ0v) is 18.6. The summed E-state index contributed by atoms with van der Waals surface area (Å²) in [5.74, 6) is 0.307. The molecule has 0 aliphatic rings. The topological polar surface area (TPSA) is 99.3 Å². The number of aromatic nitrogens is 4. The molecule has 4 aromatic rings. The van der Waals surface area contributed by atoms with Crippen LogP contribution in [0.25, 0.3) is 33.6 Å². The summed E-state index contributed by atoms with van der Waals surface area (Å²) in [6.07, 6.45) is 5.21. The second kappa shape index (κ2) is 8.07. The van der Waals surface area contributed by atoms with E-state index in [-0.39, 0.29) is 0 Å². The van der Waals surface area contributed by atoms with Gasteiger partial charge in [0.05, 0.1) is 11.7 Å². The zero-order chi connectivity index (χ0) is 22.2. The lowest BCUT2D eigenvalue weighted by Gasteiger charge is -2.10. The summed E-state index contributed by atoms with van der Waals surface area (Å²) >= 11 is 0. The van der Waals surface area contributed by atoms with E-state index in [4.69, 9.17) is 14.8 Å². The monoisotopic (exact) mass is 437 g/mol. The van der Waals surface area contributed by atoms with Crippen LogP contribution in [0.15, 0.2) is 41.7 Å². The summed E-state index contributed by atoms with van der Waals surface area (Å²) < 4.78 is 24.2. The van der Waals surface area contributed by atoms with E-state index in [1.165, 1.54) is 6.21 Å². The normalized spacial score (nSPS) is 12.3. The van der Waals surface area contributed by atoms with Crippen LogP contribution in [0.4, 0.5) is 0 Å². The van der Waals surface area contributed by atoms with Crippen molar-refractivity contribution in [2.45, 2.75) is 20.3 Å². The van der Waals surface area contributed by atoms with Gasteiger partial charge < -0.3 is 9.40 Å². The smallest absolute Gasteiger partial charge is 0.217 e. The molecule has 31 heavy (non-hydrogen) atoms. The Bertz CT molecular complexity index is 1420. The van der Waals surface area contributed by atoms with Gasteiger partial charge in [-0.1, -0.05) is 24.2 Å². The molecule has 3 aromatic heterocycles. The molecule has 0 fully saturated rings. The lowest BCUT2D eigenvalue weighted by molar-refractivity contribution is 0.192. The van der Waals surface area contributed by atoms with Crippen molar-refractivity contribution in [1.82, 2.24) is 19.5 Å². The van der Waals surface area contributed by atoms with Gasteiger partial charge >= 0.3 is 0 Å². The molecule has 1 aromatic carbocycles. The Morgan fingerprint density at radius 3 is 2.71 bits per heavy atom. The second-order valence-corrected chi connectivity index (χ2v) is 9.65. The first-order chi connectivity index (χ1) is 14.7. The van der Waals surface area contributed by atoms with Crippen LogP contribution < -0.4 is 0 Å². The largest absolute Gasteiger partial charge is 0.379 e. The van der Waals surface area contributed by atoms with E-state index in [1.54, 1.807) is 0 Å². The first-order valence-corrected chi connectivity index (χ1v) is 11.9. The molecule has 0 aliphatic heterocycles. The Kier molecular flexibility index (Phi) is 5.45. The van der Waals surface area contributed by atoms with Gasteiger partial charge in [-0.25, -0.2) is 23.4 Å². The molecule has 3 heterocycles. The third-order valence-corrected chi connectivity index (χ3v) is 5.44. The van der Waals surface area contributed by atoms with Gasteiger partial charge in [-0.2, -0.15) is 0 Å². The summed E-state index contributed by atoms with van der Waals surface area (Å²) in [5, 5.41) is 4.74. The lowest BCUT2D eigenvalue weighted by atomic mass is 10.0. The molecule has 0 unspecified atom stereocenters. The third-order valence-electron chi connectivity index (χ3n) is 4.90. The van der Waals surface area contributed by atoms with Crippen LogP contribution in [-0.2, 0) is 28.1 Å². The number of oxime groups is 1. The first kappa shape index (κ1) is 20.9. The Labute approximate surface area is 180 Å². The standard InChI is InChI=1S/C22H23N5O3S/c1-5-16-10-17-7-6-15(12-24-30-13-31(4,28)29)9-18(17)25-20(16)22-26-19-8-14(2)11-23-21(19)27(22)3/h6-12H,5,13H2,1-4H3/b24-12+. The van der Waals surface area contributed by atoms with Gasteiger partial charge in [0.15, 0.2) is 21.3 Å². The molecular formula is C22H23N5O3S. The van der Waals surface area contributed by atoms with Crippen molar-refractivity contribution < 1.29 is 13.3 Å². The number of imidazole rings is 1. The third kappa shape index (κ3) is 4.41. The molecule has 0 saturated carbocycles. The molecule has 0 amide bonds. The minimum absolute atomic E-state index is 0.459. The van der Waals surface area contributed by atoms with E-state index in [9.17, 15) is 8.42 Å². The van der Waals surface area contributed by atoms with Crippen LogP contribution in [0.5, 0.6) is 0 Å². The van der Waals surface area contributed by atoms with Gasteiger partial charge in [-0.3, -0.25) is 0 Å². The zero-order valence-electron chi connectivity index (χ0n) is 17.8. The van der Waals surface area contributed by atoms with Gasteiger partial charge in [-0.05, 0) is 48.2 Å². The molecular weight excluding hydrogens is 414 g/mol. The molecule has 0 N–H and O–H groups in total. The molecule has 9 heteroatoms. The summed E-state index contributed by atoms with van der Waals surface area (Å²) in [5.41, 5.74) is 6.16. The van der Waals surface area contributed by atoms with Crippen molar-refractivity contribution in [3.63, 3.8) is 0 Å². The quantitative estimate of drug-likeness (QED) is 0.339. The Hall–Kier alpha value is -3.33. The van der Waals surface area contributed by atoms with E-state index < -0.39 is 15.8 Å². The molecule has 0 saturated heterocycles. The minimum Gasteiger partial charge on any atom is -0.379 e. The summed E-state index contributed by atoms with van der Waals surface area (Å²) in [6.45, 7) is 4.09. The highest BCUT2D eigenvalue weighted by molar-refractivity contribution is 7.90. The predicted octanol–water partition coefficient (Wildman–Crippen LogP) is 3.41. The van der Waals surface area contributed by atoms with Crippen molar-refractivity contribution in [3.05, 3.63) is 53.2 Å². The van der Waals surface area contributed by atoms with Crippen molar-refractivity contribution in [1.29, 1.82) is 0 Å². The van der Waals surface area contributed by atoms with Gasteiger partial charge in [0.1, 0.15) is 11.2 Å². The van der Waals surface area contributed by atoms with Gasteiger partial charge in [0, 0.05) is 24.9 Å². The van der Waals surface area contributed by atoms with E-state index in [2.05, 4.69) is 23.1 Å². The molecule has 8 nitrogen and oxygen atoms in total. The molecule has 0 atom stereocenters. The summed E-state index contributed by atoms with van der Waals surface area (Å²) in [7, 11) is -1.29. The predicted molar refractivity (Wildman–Crippen MR) is 122 cm³/mol. The van der Waals surface area contributed by atoms with Crippen LogP contribution >= 0.6 is 0 Å². The molecule has 0 spiro atoms. The van der Waals surface area contributed by atoms with Crippen LogP contribution in [0.1, 0.15) is 23.6 Å². The van der Waals surface area contributed by atoms with Crippen LogP contribution in [0, 0.1) is 6.92 Å². The van der Waals surface area contributed by atoms with E-state index in [0.717, 1.165) is 63.0 Å². The molecule has 0 bridgehead atoms. The average molecular weight is 438 g/mol. The lowest BCUT2D eigenvalue weighted by Crippen LogP contribution is -2.04. The Morgan fingerprint density at radius 1 is 1.16 bits per heavy atom. The van der Waals surface area contributed by atoms with Gasteiger partial charge in [0.25, 0.3) is 0 Å². The van der Waals surface area contributed by atoms with Crippen LogP contribution in [-0.4, -0.2) is 46.3 Å². The molecule has 0 aliphatic carbocycles. The number of aryl methyl sites for hydroxylation is 3. The molecule has 0 radical (unpaired) electrons. The van der Waals surface area contributed by atoms with E-state index >= 15 is 0 Å². The number of sulfone groups is 1. The number of hydrogen-bond acceptors (Lipinski definition) is 7. The number of benzene rings is 1. The SMILES string of the molecule is CCc1cc2ccc(/C=N/OCS(C)(=O)=O)cc2nc1-c1nc2cc(C)cnc2n1C. The number of fused-ring (bicyclic) bond motifs is 2. The maximum Gasteiger partial charge on any atom is 0.217 e. The van der Waals surface area contributed by atoms with E-state index in [0.29, 0.717) is 0 Å². The van der Waals surface area contributed by atoms with Crippen LogP contribution in [0.2, 0.25) is 0 Å². The second-order valence-electron chi connectivity index (χ2n) is 7.56. The fraction of sp³-hybridized carbons (Fsp3) is 0.273. The molecule has 4 rings (SSSR count). The average Bonchev–Trinajstić information content (AvgIpc) is 3.04. The number of pyridine rings is 2. The number of nitrogens with zero attached hydrogens (tertiary/aromatic N) is 5. The van der Waals surface area contributed by atoms with Crippen molar-refractivity contribution in [3.8, 4) is 11.5 Å². The highest BCUT2D eigenvalue weighted by Gasteiger charge is 2.16. The highest BCUT2D eigenvalue weighted by atomic mass is 32.2. The van der Waals surface area contributed by atoms with Crippen molar-refractivity contribution in [2.75, 3.05) is 12.2 Å². The number of hydrogen-bond donors (Lipinski definition) is 0. The van der Waals surface area contributed by atoms with Crippen molar-refractivity contribution >= 4 is 38.1 Å². The number of rotatable bonds is 6. The van der Waals surface area contributed by atoms with Crippen molar-refractivity contribution in [2.24, 2.45) is 12.2 Å². The fourth-order valence-corrected chi connectivity index (χ4v) is 3.64. The van der Waals surface area contributed by atoms with Crippen LogP contribution in [0.3, 0.4) is 0 Å². The van der Waals surface area contributed by atoms with Gasteiger partial charge in [0.2, 0.25) is 5.94 Å². The summed E-state index contributed by atoms with van der Waals surface area (Å²) in [6, 6.07) is 9.87. The highest BCUT2D eigenvalue weighted by Crippen LogP contribution is 2.28. The van der Waals surface area contributed by atoms with E-state index in [1.807, 2.05) is 49.0 Å². The Balaban J connectivity index is 1.77. The maximum absolute atomic E-state index is 11.1. The molecule has 160 valence electrons. The Morgan fingerprint density at radius 2 is 1.97 bits per heavy atom. The van der Waals surface area contributed by atoms with Gasteiger partial charge in [-0.15, -0.1) is 0 Å².